The zero-order valence-electron chi connectivity index (χ0n) is 14.4. The average molecular weight is 371 g/mol. The molecule has 0 atom stereocenters. The molecule has 1 amide bonds. The molecule has 0 radical (unpaired) electrons. The quantitative estimate of drug-likeness (QED) is 0.763. The fourth-order valence-corrected chi connectivity index (χ4v) is 3.42. The van der Waals surface area contributed by atoms with Crippen LogP contribution in [-0.2, 0) is 0 Å². The third kappa shape index (κ3) is 3.51. The van der Waals surface area contributed by atoms with Gasteiger partial charge < -0.3 is 14.6 Å². The highest BCUT2D eigenvalue weighted by atomic mass is 35.5. The van der Waals surface area contributed by atoms with Gasteiger partial charge in [0.1, 0.15) is 11.3 Å². The van der Waals surface area contributed by atoms with Crippen molar-refractivity contribution in [1.29, 1.82) is 0 Å². The van der Waals surface area contributed by atoms with E-state index >= 15 is 0 Å². The van der Waals surface area contributed by atoms with Crippen LogP contribution in [0.4, 0.5) is 5.82 Å². The number of carbonyl (C=O) groups is 1. The number of aromatic nitrogens is 2. The lowest BCUT2D eigenvalue weighted by atomic mass is 10.0. The Bertz CT molecular complexity index is 930. The van der Waals surface area contributed by atoms with E-state index in [1.54, 1.807) is 12.1 Å². The van der Waals surface area contributed by atoms with Gasteiger partial charge in [-0.2, -0.15) is 0 Å². The zero-order valence-corrected chi connectivity index (χ0v) is 15.2. The molecule has 6 nitrogen and oxygen atoms in total. The number of halogens is 1. The molecule has 3 aromatic rings. The molecule has 4 rings (SSSR count). The number of carbonyl (C=O) groups excluding carboxylic acids is 1. The summed E-state index contributed by atoms with van der Waals surface area (Å²) in [6, 6.07) is 11.2. The molecule has 0 unspecified atom stereocenters. The molecule has 1 aliphatic rings. The molecule has 0 saturated carbocycles. The van der Waals surface area contributed by atoms with Gasteiger partial charge in [-0.1, -0.05) is 11.6 Å². The summed E-state index contributed by atoms with van der Waals surface area (Å²) in [7, 11) is 0. The van der Waals surface area contributed by atoms with E-state index in [1.165, 1.54) is 0 Å². The number of piperidine rings is 1. The number of hydrogen-bond acceptors (Lipinski definition) is 5. The van der Waals surface area contributed by atoms with Crippen molar-refractivity contribution in [3.05, 3.63) is 52.9 Å². The maximum absolute atomic E-state index is 12.6. The number of furan rings is 1. The predicted octanol–water partition coefficient (Wildman–Crippen LogP) is 3.58. The van der Waals surface area contributed by atoms with Gasteiger partial charge in [0.2, 0.25) is 0 Å². The van der Waals surface area contributed by atoms with E-state index in [1.807, 2.05) is 31.2 Å². The Labute approximate surface area is 156 Å². The number of rotatable bonds is 3. The Morgan fingerprint density at radius 3 is 2.73 bits per heavy atom. The van der Waals surface area contributed by atoms with Crippen molar-refractivity contribution in [3.8, 4) is 0 Å². The number of nitrogens with one attached hydrogen (secondary N) is 1. The number of benzene rings is 1. The van der Waals surface area contributed by atoms with Crippen molar-refractivity contribution in [2.45, 2.75) is 25.8 Å². The van der Waals surface area contributed by atoms with Gasteiger partial charge in [-0.3, -0.25) is 4.79 Å². The van der Waals surface area contributed by atoms with Crippen molar-refractivity contribution in [3.63, 3.8) is 0 Å². The molecule has 1 N–H and O–H groups in total. The summed E-state index contributed by atoms with van der Waals surface area (Å²) in [5.74, 6) is 1.62. The van der Waals surface area contributed by atoms with E-state index in [0.717, 1.165) is 48.5 Å². The first-order valence-electron chi connectivity index (χ1n) is 8.64. The fraction of sp³-hybridized carbons (Fsp3) is 0.316. The van der Waals surface area contributed by atoms with Crippen LogP contribution in [0.3, 0.4) is 0 Å². The summed E-state index contributed by atoms with van der Waals surface area (Å²) >= 11 is 5.78. The Balaban J connectivity index is 1.37. The molecule has 1 fully saturated rings. The van der Waals surface area contributed by atoms with Crippen LogP contribution in [0.5, 0.6) is 0 Å². The predicted molar refractivity (Wildman–Crippen MR) is 101 cm³/mol. The Kier molecular flexibility index (Phi) is 4.51. The summed E-state index contributed by atoms with van der Waals surface area (Å²) in [5, 5.41) is 12.5. The van der Waals surface area contributed by atoms with Crippen molar-refractivity contribution in [1.82, 2.24) is 15.5 Å². The first-order chi connectivity index (χ1) is 12.6. The minimum absolute atomic E-state index is 0.0458. The lowest BCUT2D eigenvalue weighted by Gasteiger charge is -2.32. The molecular weight excluding hydrogens is 352 g/mol. The molecule has 0 spiro atoms. The van der Waals surface area contributed by atoms with Crippen LogP contribution < -0.4 is 10.2 Å². The van der Waals surface area contributed by atoms with Gasteiger partial charge in [0.05, 0.1) is 0 Å². The van der Waals surface area contributed by atoms with Gasteiger partial charge in [0.25, 0.3) is 5.91 Å². The summed E-state index contributed by atoms with van der Waals surface area (Å²) in [5.41, 5.74) is 1.46. The van der Waals surface area contributed by atoms with E-state index in [2.05, 4.69) is 20.4 Å². The highest BCUT2D eigenvalue weighted by Crippen LogP contribution is 2.21. The standard InChI is InChI=1S/C19H19ClN4O2/c1-12-10-14-11-13(2-3-16(14)26-12)19(25)21-15-6-8-24(9-7-15)18-5-4-17(20)22-23-18/h2-5,10-11,15H,6-9H2,1H3,(H,21,25). The maximum atomic E-state index is 12.6. The smallest absolute Gasteiger partial charge is 0.251 e. The number of fused-ring (bicyclic) bond motifs is 1. The van der Waals surface area contributed by atoms with Gasteiger partial charge in [0, 0.05) is 30.1 Å². The minimum Gasteiger partial charge on any atom is -0.461 e. The Morgan fingerprint density at radius 1 is 1.19 bits per heavy atom. The van der Waals surface area contributed by atoms with E-state index in [9.17, 15) is 4.79 Å². The molecule has 3 heterocycles. The van der Waals surface area contributed by atoms with Crippen LogP contribution in [0.25, 0.3) is 11.0 Å². The minimum atomic E-state index is -0.0458. The van der Waals surface area contributed by atoms with Crippen LogP contribution in [0, 0.1) is 6.92 Å². The van der Waals surface area contributed by atoms with Crippen molar-refractivity contribution in [2.75, 3.05) is 18.0 Å². The lowest BCUT2D eigenvalue weighted by Crippen LogP contribution is -2.45. The van der Waals surface area contributed by atoms with Gasteiger partial charge in [-0.25, -0.2) is 0 Å². The molecule has 1 aromatic carbocycles. The summed E-state index contributed by atoms with van der Waals surface area (Å²) in [6.45, 7) is 3.54. The van der Waals surface area contributed by atoms with E-state index in [0.29, 0.717) is 10.7 Å². The molecule has 2 aromatic heterocycles. The largest absolute Gasteiger partial charge is 0.461 e. The second kappa shape index (κ2) is 6.96. The third-order valence-corrected chi connectivity index (χ3v) is 4.88. The summed E-state index contributed by atoms with van der Waals surface area (Å²) in [4.78, 5) is 14.7. The zero-order chi connectivity index (χ0) is 18.1. The Morgan fingerprint density at radius 2 is 2.00 bits per heavy atom. The number of aryl methyl sites for hydroxylation is 1. The van der Waals surface area contributed by atoms with Crippen molar-refractivity contribution >= 4 is 34.3 Å². The van der Waals surface area contributed by atoms with Gasteiger partial charge >= 0.3 is 0 Å². The highest BCUT2D eigenvalue weighted by Gasteiger charge is 2.22. The first kappa shape index (κ1) is 16.8. The van der Waals surface area contributed by atoms with Crippen LogP contribution in [0.15, 0.2) is 40.8 Å². The SMILES string of the molecule is Cc1cc2cc(C(=O)NC3CCN(c4ccc(Cl)nn4)CC3)ccc2o1. The number of amides is 1. The second-order valence-corrected chi connectivity index (χ2v) is 6.95. The fourth-order valence-electron chi connectivity index (χ4n) is 3.32. The van der Waals surface area contributed by atoms with E-state index in [4.69, 9.17) is 16.0 Å². The third-order valence-electron chi connectivity index (χ3n) is 4.67. The molecule has 1 saturated heterocycles. The second-order valence-electron chi connectivity index (χ2n) is 6.56. The van der Waals surface area contributed by atoms with Gasteiger partial charge in [-0.15, -0.1) is 10.2 Å². The van der Waals surface area contributed by atoms with Crippen molar-refractivity contribution < 1.29 is 9.21 Å². The van der Waals surface area contributed by atoms with E-state index in [-0.39, 0.29) is 11.9 Å². The van der Waals surface area contributed by atoms with Crippen LogP contribution in [-0.4, -0.2) is 35.2 Å². The van der Waals surface area contributed by atoms with Crippen LogP contribution in [0.2, 0.25) is 5.15 Å². The molecule has 26 heavy (non-hydrogen) atoms. The first-order valence-corrected chi connectivity index (χ1v) is 9.01. The Hall–Kier alpha value is -2.60. The van der Waals surface area contributed by atoms with E-state index < -0.39 is 0 Å². The molecule has 1 aliphatic heterocycles. The van der Waals surface area contributed by atoms with Gasteiger partial charge in [-0.05, 0) is 56.2 Å². The van der Waals surface area contributed by atoms with Crippen molar-refractivity contribution in [2.24, 2.45) is 0 Å². The average Bonchev–Trinajstić information content (AvgIpc) is 3.02. The van der Waals surface area contributed by atoms with Crippen LogP contribution >= 0.6 is 11.6 Å². The summed E-state index contributed by atoms with van der Waals surface area (Å²) in [6.07, 6.45) is 1.73. The topological polar surface area (TPSA) is 71.3 Å². The molecule has 134 valence electrons. The highest BCUT2D eigenvalue weighted by molar-refractivity contribution is 6.29. The maximum Gasteiger partial charge on any atom is 0.251 e. The van der Waals surface area contributed by atoms with Crippen LogP contribution in [0.1, 0.15) is 29.0 Å². The monoisotopic (exact) mass is 370 g/mol. The molecular formula is C19H19ClN4O2. The summed E-state index contributed by atoms with van der Waals surface area (Å²) < 4.78 is 5.56. The molecule has 0 bridgehead atoms. The molecule has 7 heteroatoms. The van der Waals surface area contributed by atoms with Gasteiger partial charge in [0.15, 0.2) is 11.0 Å². The lowest BCUT2D eigenvalue weighted by molar-refractivity contribution is 0.0931. The number of nitrogens with zero attached hydrogens (tertiary/aromatic N) is 3. The number of hydrogen-bond donors (Lipinski definition) is 1. The molecule has 0 aliphatic carbocycles. The normalized spacial score (nSPS) is 15.4. The number of anilines is 1.